The molecule has 7 rings (SSSR count). The van der Waals surface area contributed by atoms with Crippen LogP contribution in [-0.2, 0) is 17.6 Å². The first-order chi connectivity index (χ1) is 20.9. The fourth-order valence-electron chi connectivity index (χ4n) is 6.42. The number of piperidine rings is 1. The van der Waals surface area contributed by atoms with E-state index >= 15 is 0 Å². The molecule has 12 heteroatoms. The lowest BCUT2D eigenvalue weighted by Crippen LogP contribution is -2.48. The second-order valence-corrected chi connectivity index (χ2v) is 13.0. The summed E-state index contributed by atoms with van der Waals surface area (Å²) in [5, 5.41) is 6.71. The number of anilines is 3. The number of amides is 2. The average molecular weight is 600 g/mol. The number of nitrogens with zero attached hydrogens (tertiary/aromatic N) is 6. The van der Waals surface area contributed by atoms with Crippen LogP contribution in [0.15, 0.2) is 36.7 Å². The molecule has 2 amide bonds. The number of fused-ring (bicyclic) bond motifs is 2. The molecule has 43 heavy (non-hydrogen) atoms. The van der Waals surface area contributed by atoms with Gasteiger partial charge in [-0.3, -0.25) is 14.5 Å². The first-order valence-electron chi connectivity index (χ1n) is 15.1. The van der Waals surface area contributed by atoms with Crippen molar-refractivity contribution < 1.29 is 9.59 Å². The predicted molar refractivity (Wildman–Crippen MR) is 168 cm³/mol. The van der Waals surface area contributed by atoms with E-state index in [1.165, 1.54) is 23.3 Å². The van der Waals surface area contributed by atoms with E-state index in [2.05, 4.69) is 36.5 Å². The van der Waals surface area contributed by atoms with E-state index in [9.17, 15) is 9.59 Å². The van der Waals surface area contributed by atoms with Gasteiger partial charge in [0, 0.05) is 49.8 Å². The van der Waals surface area contributed by atoms with E-state index < -0.39 is 0 Å². The van der Waals surface area contributed by atoms with Gasteiger partial charge in [-0.2, -0.15) is 9.97 Å². The molecule has 1 aromatic carbocycles. The van der Waals surface area contributed by atoms with Crippen LogP contribution in [0.5, 0.6) is 0 Å². The Labute approximate surface area is 254 Å². The van der Waals surface area contributed by atoms with Crippen LogP contribution in [0.2, 0.25) is 0 Å². The van der Waals surface area contributed by atoms with Gasteiger partial charge in [-0.15, -0.1) is 11.3 Å². The number of aryl methyl sites for hydroxylation is 2. The van der Waals surface area contributed by atoms with Gasteiger partial charge in [0.1, 0.15) is 11.6 Å². The van der Waals surface area contributed by atoms with Gasteiger partial charge in [0.15, 0.2) is 11.5 Å². The van der Waals surface area contributed by atoms with E-state index in [0.717, 1.165) is 67.0 Å². The van der Waals surface area contributed by atoms with E-state index in [1.54, 1.807) is 22.6 Å². The number of benzene rings is 1. The summed E-state index contributed by atoms with van der Waals surface area (Å²) in [7, 11) is 3.85. The number of aromatic amines is 1. The summed E-state index contributed by atoms with van der Waals surface area (Å²) < 4.78 is 0. The van der Waals surface area contributed by atoms with Gasteiger partial charge in [0.25, 0.3) is 5.91 Å². The van der Waals surface area contributed by atoms with Gasteiger partial charge in [0.05, 0.1) is 11.2 Å². The van der Waals surface area contributed by atoms with E-state index in [4.69, 9.17) is 9.97 Å². The molecule has 0 saturated carbocycles. The van der Waals surface area contributed by atoms with Crippen LogP contribution in [0.3, 0.4) is 0 Å². The van der Waals surface area contributed by atoms with Crippen LogP contribution >= 0.6 is 11.3 Å². The molecular weight excluding hydrogens is 562 g/mol. The molecule has 0 bridgehead atoms. The Hall–Kier alpha value is -4.03. The lowest BCUT2D eigenvalue weighted by molar-refractivity contribution is -0.139. The summed E-state index contributed by atoms with van der Waals surface area (Å²) >= 11 is 1.65. The highest BCUT2D eigenvalue weighted by atomic mass is 32.1. The number of nitrogens with one attached hydrogen (secondary N) is 3. The highest BCUT2D eigenvalue weighted by Crippen LogP contribution is 2.31. The molecule has 5 heterocycles. The highest BCUT2D eigenvalue weighted by Gasteiger charge is 2.32. The van der Waals surface area contributed by atoms with Crippen molar-refractivity contribution >= 4 is 51.8 Å². The Morgan fingerprint density at radius 2 is 1.88 bits per heavy atom. The van der Waals surface area contributed by atoms with Crippen LogP contribution in [0.1, 0.15) is 57.4 Å². The fourth-order valence-corrected chi connectivity index (χ4v) is 7.57. The molecule has 0 spiro atoms. The van der Waals surface area contributed by atoms with Gasteiger partial charge >= 0.3 is 0 Å². The number of rotatable bonds is 6. The summed E-state index contributed by atoms with van der Waals surface area (Å²) in [5.41, 5.74) is 4.47. The zero-order valence-electron chi connectivity index (χ0n) is 24.6. The highest BCUT2D eigenvalue weighted by molar-refractivity contribution is 7.14. The van der Waals surface area contributed by atoms with E-state index in [-0.39, 0.29) is 23.9 Å². The van der Waals surface area contributed by atoms with E-state index in [0.29, 0.717) is 24.0 Å². The predicted octanol–water partition coefficient (Wildman–Crippen LogP) is 3.88. The third-order valence-electron chi connectivity index (χ3n) is 8.86. The molecule has 1 aliphatic carbocycles. The molecule has 2 atom stereocenters. The van der Waals surface area contributed by atoms with Gasteiger partial charge in [-0.1, -0.05) is 12.1 Å². The lowest BCUT2D eigenvalue weighted by atomic mass is 9.99. The van der Waals surface area contributed by atoms with Crippen LogP contribution in [0.25, 0.3) is 11.2 Å². The summed E-state index contributed by atoms with van der Waals surface area (Å²) in [6.07, 6.45) is 8.07. The molecule has 3 N–H and O–H groups in total. The fraction of sp³-hybridized carbons (Fsp3) is 0.452. The summed E-state index contributed by atoms with van der Waals surface area (Å²) in [6.45, 7) is 3.02. The number of hydrogen-bond acceptors (Lipinski definition) is 9. The maximum atomic E-state index is 13.2. The molecule has 11 nitrogen and oxygen atoms in total. The van der Waals surface area contributed by atoms with Crippen molar-refractivity contribution in [2.24, 2.45) is 0 Å². The maximum absolute atomic E-state index is 13.2. The standard InChI is InChI=1S/C31H37N9O2S/c1-38-14-15-39(2)30(42)26(38)19-9-11-21(12-10-19)34-28-25-27(33-18-32-25)36-31(37-28)40-13-5-7-22(17-40)35-29(41)24-16-20-6-3-4-8-23(20)43-24/h9-12,16,18,22,26H,3-8,13-15,17H2,1-2H3,(H,35,41)(H2,32,33,34,36,37)/t22-,26+/m0/s1. The number of thiophene rings is 1. The zero-order chi connectivity index (χ0) is 29.5. The Morgan fingerprint density at radius 1 is 1.05 bits per heavy atom. The largest absolute Gasteiger partial charge is 0.347 e. The zero-order valence-corrected chi connectivity index (χ0v) is 25.4. The summed E-state index contributed by atoms with van der Waals surface area (Å²) in [4.78, 5) is 51.4. The number of carbonyl (C=O) groups excluding carboxylic acids is 2. The molecule has 224 valence electrons. The number of piperazine rings is 1. The van der Waals surface area contributed by atoms with Crippen molar-refractivity contribution in [3.8, 4) is 0 Å². The number of carbonyl (C=O) groups is 2. The van der Waals surface area contributed by atoms with Crippen LogP contribution < -0.4 is 15.5 Å². The van der Waals surface area contributed by atoms with Crippen molar-refractivity contribution in [3.05, 3.63) is 57.5 Å². The quantitative estimate of drug-likeness (QED) is 0.305. The molecular formula is C31H37N9O2S. The Morgan fingerprint density at radius 3 is 2.72 bits per heavy atom. The maximum Gasteiger partial charge on any atom is 0.261 e. The number of hydrogen-bond donors (Lipinski definition) is 3. The molecule has 2 aliphatic heterocycles. The number of imidazole rings is 1. The molecule has 4 aromatic rings. The van der Waals surface area contributed by atoms with Crippen molar-refractivity contribution in [1.29, 1.82) is 0 Å². The van der Waals surface area contributed by atoms with E-state index in [1.807, 2.05) is 38.4 Å². The van der Waals surface area contributed by atoms with Gasteiger partial charge in [-0.05, 0) is 74.9 Å². The monoisotopic (exact) mass is 599 g/mol. The smallest absolute Gasteiger partial charge is 0.261 e. The van der Waals surface area contributed by atoms with Crippen LogP contribution in [0.4, 0.5) is 17.5 Å². The summed E-state index contributed by atoms with van der Waals surface area (Å²) in [6, 6.07) is 9.77. The first-order valence-corrected chi connectivity index (χ1v) is 16.0. The normalized spacial score (nSPS) is 21.2. The number of likely N-dealkylation sites (N-methyl/N-ethyl adjacent to an activating group) is 2. The van der Waals surface area contributed by atoms with Crippen LogP contribution in [-0.4, -0.2) is 87.9 Å². The second kappa shape index (κ2) is 11.6. The SMILES string of the molecule is CN1CCN(C)[C@H](c2ccc(Nc3nc(N4CCC[C@H](NC(=O)c5cc6c(s5)CCCC6)C4)nc4nc[nH]c34)cc2)C1=O. The lowest BCUT2D eigenvalue weighted by Gasteiger charge is -2.37. The molecule has 0 radical (unpaired) electrons. The van der Waals surface area contributed by atoms with Gasteiger partial charge in [-0.25, -0.2) is 4.98 Å². The summed E-state index contributed by atoms with van der Waals surface area (Å²) in [5.74, 6) is 1.35. The first kappa shape index (κ1) is 27.8. The minimum Gasteiger partial charge on any atom is -0.347 e. The van der Waals surface area contributed by atoms with Gasteiger partial charge in [0.2, 0.25) is 11.9 Å². The number of H-pyrrole nitrogens is 1. The Balaban J connectivity index is 1.07. The third kappa shape index (κ3) is 5.56. The van der Waals surface area contributed by atoms with Crippen molar-refractivity contribution in [1.82, 2.24) is 35.1 Å². The topological polar surface area (TPSA) is 122 Å². The van der Waals surface area contributed by atoms with Crippen molar-refractivity contribution in [3.63, 3.8) is 0 Å². The molecule has 0 unspecified atom stereocenters. The average Bonchev–Trinajstić information content (AvgIpc) is 3.68. The molecule has 3 aromatic heterocycles. The van der Waals surface area contributed by atoms with Crippen LogP contribution in [0, 0.1) is 0 Å². The van der Waals surface area contributed by atoms with Crippen molar-refractivity contribution in [2.45, 2.75) is 50.6 Å². The molecule has 2 saturated heterocycles. The Bertz CT molecular complexity index is 1630. The Kier molecular flexibility index (Phi) is 7.48. The van der Waals surface area contributed by atoms with Crippen molar-refractivity contribution in [2.75, 3.05) is 50.5 Å². The second-order valence-electron chi connectivity index (χ2n) is 11.9. The van der Waals surface area contributed by atoms with Gasteiger partial charge < -0.3 is 25.4 Å². The minimum atomic E-state index is -0.282. The minimum absolute atomic E-state index is 0.0162. The third-order valence-corrected chi connectivity index (χ3v) is 10.1. The number of aromatic nitrogens is 4. The molecule has 2 fully saturated rings. The molecule has 3 aliphatic rings.